The summed E-state index contributed by atoms with van der Waals surface area (Å²) in [6.45, 7) is 3.77. The van der Waals surface area contributed by atoms with E-state index < -0.39 is 28.5 Å². The van der Waals surface area contributed by atoms with Gasteiger partial charge in [0.1, 0.15) is 12.6 Å². The van der Waals surface area contributed by atoms with Crippen LogP contribution in [0.3, 0.4) is 0 Å². The van der Waals surface area contributed by atoms with Crippen molar-refractivity contribution >= 4 is 62.3 Å². The number of amides is 2. The van der Waals surface area contributed by atoms with E-state index in [1.54, 1.807) is 42.5 Å². The van der Waals surface area contributed by atoms with Gasteiger partial charge >= 0.3 is 0 Å². The number of hydrogen-bond acceptors (Lipinski definition) is 4. The molecule has 0 saturated carbocycles. The van der Waals surface area contributed by atoms with Gasteiger partial charge in [-0.25, -0.2) is 8.42 Å². The Labute approximate surface area is 279 Å². The van der Waals surface area contributed by atoms with Crippen LogP contribution in [0.1, 0.15) is 25.0 Å². The molecule has 0 aliphatic heterocycles. The Morgan fingerprint density at radius 2 is 1.38 bits per heavy atom. The van der Waals surface area contributed by atoms with Crippen molar-refractivity contribution in [3.8, 4) is 0 Å². The summed E-state index contributed by atoms with van der Waals surface area (Å²) in [6, 6.07) is 27.3. The fraction of sp³-hybridized carbons (Fsp3) is 0.235. The smallest absolute Gasteiger partial charge is 0.264 e. The molecular weight excluding hydrogens is 653 g/mol. The summed E-state index contributed by atoms with van der Waals surface area (Å²) in [6.07, 6.45) is 0.207. The van der Waals surface area contributed by atoms with Crippen molar-refractivity contribution in [2.45, 2.75) is 37.8 Å². The van der Waals surface area contributed by atoms with Crippen LogP contribution in [0.4, 0.5) is 5.69 Å². The maximum Gasteiger partial charge on any atom is 0.264 e. The lowest BCUT2D eigenvalue weighted by Crippen LogP contribution is -2.53. The first-order chi connectivity index (χ1) is 21.4. The molecular formula is C34H34Cl3N3O4S. The molecule has 0 aromatic heterocycles. The van der Waals surface area contributed by atoms with Gasteiger partial charge in [-0.15, -0.1) is 0 Å². The Morgan fingerprint density at radius 1 is 0.756 bits per heavy atom. The lowest BCUT2D eigenvalue weighted by molar-refractivity contribution is -0.140. The average Bonchev–Trinajstić information content (AvgIpc) is 3.01. The number of sulfonamides is 1. The summed E-state index contributed by atoms with van der Waals surface area (Å²) < 4.78 is 29.1. The molecule has 1 N–H and O–H groups in total. The minimum atomic E-state index is -4.28. The topological polar surface area (TPSA) is 86.8 Å². The Kier molecular flexibility index (Phi) is 11.9. The first-order valence-electron chi connectivity index (χ1n) is 14.3. The van der Waals surface area contributed by atoms with Gasteiger partial charge in [0, 0.05) is 34.6 Å². The molecule has 0 heterocycles. The highest BCUT2D eigenvalue weighted by molar-refractivity contribution is 7.92. The fourth-order valence-electron chi connectivity index (χ4n) is 4.70. The molecule has 4 aromatic rings. The Morgan fingerprint density at radius 3 is 2.00 bits per heavy atom. The molecule has 1 atom stereocenters. The number of benzene rings is 4. The number of nitrogens with zero attached hydrogens (tertiary/aromatic N) is 2. The molecule has 4 aromatic carbocycles. The highest BCUT2D eigenvalue weighted by atomic mass is 35.5. The van der Waals surface area contributed by atoms with Gasteiger partial charge in [0.2, 0.25) is 11.8 Å². The maximum atomic E-state index is 14.5. The van der Waals surface area contributed by atoms with Crippen LogP contribution in [0.2, 0.25) is 15.1 Å². The molecule has 236 valence electrons. The summed E-state index contributed by atoms with van der Waals surface area (Å²) >= 11 is 18.6. The molecule has 45 heavy (non-hydrogen) atoms. The summed E-state index contributed by atoms with van der Waals surface area (Å²) in [7, 11) is -4.28. The minimum absolute atomic E-state index is 0.0103. The number of rotatable bonds is 13. The van der Waals surface area contributed by atoms with Crippen molar-refractivity contribution in [3.63, 3.8) is 0 Å². The molecule has 0 spiro atoms. The van der Waals surface area contributed by atoms with Gasteiger partial charge in [-0.3, -0.25) is 13.9 Å². The van der Waals surface area contributed by atoms with Crippen LogP contribution in [0.5, 0.6) is 0 Å². The van der Waals surface area contributed by atoms with Crippen molar-refractivity contribution in [3.05, 3.63) is 129 Å². The summed E-state index contributed by atoms with van der Waals surface area (Å²) in [5.74, 6) is -0.767. The molecule has 4 rings (SSSR count). The monoisotopic (exact) mass is 685 g/mol. The number of hydrogen-bond donors (Lipinski definition) is 1. The quantitative estimate of drug-likeness (QED) is 0.161. The van der Waals surface area contributed by atoms with E-state index in [9.17, 15) is 18.0 Å². The molecule has 7 nitrogen and oxygen atoms in total. The number of halogens is 3. The highest BCUT2D eigenvalue weighted by Gasteiger charge is 2.34. The molecule has 0 saturated heterocycles. The average molecular weight is 687 g/mol. The SMILES string of the molecule is CC(C)CNC(=O)[C@@H](Cc1ccccc1)N(Cc1cccc(Cl)c1)C(=O)CN(c1cccc(Cl)c1)S(=O)(=O)c1ccc(Cl)cc1. The zero-order chi connectivity index (χ0) is 32.6. The van der Waals surface area contributed by atoms with Gasteiger partial charge < -0.3 is 10.2 Å². The first kappa shape index (κ1) is 34.3. The Bertz CT molecular complexity index is 1720. The zero-order valence-corrected chi connectivity index (χ0v) is 28.0. The van der Waals surface area contributed by atoms with Crippen LogP contribution in [0.15, 0.2) is 108 Å². The van der Waals surface area contributed by atoms with Gasteiger partial charge in [0.15, 0.2) is 0 Å². The highest BCUT2D eigenvalue weighted by Crippen LogP contribution is 2.28. The van der Waals surface area contributed by atoms with Crippen LogP contribution >= 0.6 is 34.8 Å². The van der Waals surface area contributed by atoms with Crippen molar-refractivity contribution in [1.82, 2.24) is 10.2 Å². The molecule has 0 unspecified atom stereocenters. The molecule has 0 aliphatic rings. The number of carbonyl (C=O) groups excluding carboxylic acids is 2. The van der Waals surface area contributed by atoms with E-state index >= 15 is 0 Å². The Balaban J connectivity index is 1.80. The second kappa shape index (κ2) is 15.6. The lowest BCUT2D eigenvalue weighted by atomic mass is 10.0. The van der Waals surface area contributed by atoms with E-state index in [4.69, 9.17) is 34.8 Å². The lowest BCUT2D eigenvalue weighted by Gasteiger charge is -2.34. The molecule has 0 aliphatic carbocycles. The fourth-order valence-corrected chi connectivity index (χ4v) is 6.63. The predicted octanol–water partition coefficient (Wildman–Crippen LogP) is 7.25. The molecule has 0 radical (unpaired) electrons. The van der Waals surface area contributed by atoms with Crippen LogP contribution in [0.25, 0.3) is 0 Å². The third-order valence-corrected chi connectivity index (χ3v) is 9.48. The second-order valence-electron chi connectivity index (χ2n) is 10.9. The van der Waals surface area contributed by atoms with Crippen molar-refractivity contribution in [2.24, 2.45) is 5.92 Å². The second-order valence-corrected chi connectivity index (χ2v) is 14.1. The zero-order valence-electron chi connectivity index (χ0n) is 24.9. The van der Waals surface area contributed by atoms with Crippen molar-refractivity contribution in [2.75, 3.05) is 17.4 Å². The van der Waals surface area contributed by atoms with Crippen LogP contribution in [0, 0.1) is 5.92 Å². The third kappa shape index (κ3) is 9.47. The predicted molar refractivity (Wildman–Crippen MR) is 181 cm³/mol. The molecule has 2 amide bonds. The van der Waals surface area contributed by atoms with E-state index in [1.807, 2.05) is 44.2 Å². The normalized spacial score (nSPS) is 12.0. The standard InChI is InChI=1S/C34H34Cl3N3O4S/c1-24(2)21-38-34(42)32(19-25-8-4-3-5-9-25)39(22-26-10-6-11-28(36)18-26)33(41)23-40(30-13-7-12-29(37)20-30)45(43,44)31-16-14-27(35)15-17-31/h3-18,20,24,32H,19,21-23H2,1-2H3,(H,38,42)/t32-/m1/s1. The summed E-state index contributed by atoms with van der Waals surface area (Å²) in [5.41, 5.74) is 1.71. The molecule has 0 fully saturated rings. The third-order valence-electron chi connectivity index (χ3n) is 6.97. The summed E-state index contributed by atoms with van der Waals surface area (Å²) in [4.78, 5) is 29.6. The van der Waals surface area contributed by atoms with Gasteiger partial charge in [-0.2, -0.15) is 0 Å². The number of anilines is 1. The van der Waals surface area contributed by atoms with Crippen LogP contribution in [-0.4, -0.2) is 44.3 Å². The molecule has 0 bridgehead atoms. The van der Waals surface area contributed by atoms with Gasteiger partial charge in [0.05, 0.1) is 10.6 Å². The van der Waals surface area contributed by atoms with E-state index in [-0.39, 0.29) is 35.4 Å². The number of nitrogens with one attached hydrogen (secondary N) is 1. The van der Waals surface area contributed by atoms with E-state index in [0.29, 0.717) is 27.2 Å². The van der Waals surface area contributed by atoms with E-state index in [0.717, 1.165) is 9.87 Å². The van der Waals surface area contributed by atoms with E-state index in [2.05, 4.69) is 5.32 Å². The molecule has 11 heteroatoms. The van der Waals surface area contributed by atoms with Crippen molar-refractivity contribution < 1.29 is 18.0 Å². The van der Waals surface area contributed by atoms with Gasteiger partial charge in [-0.05, 0) is 71.6 Å². The van der Waals surface area contributed by atoms with Crippen LogP contribution in [-0.2, 0) is 32.6 Å². The van der Waals surface area contributed by atoms with Gasteiger partial charge in [-0.1, -0.05) is 97.2 Å². The summed E-state index contributed by atoms with van der Waals surface area (Å²) in [5, 5.41) is 4.09. The number of carbonyl (C=O) groups is 2. The van der Waals surface area contributed by atoms with Crippen LogP contribution < -0.4 is 9.62 Å². The van der Waals surface area contributed by atoms with E-state index in [1.165, 1.54) is 35.2 Å². The maximum absolute atomic E-state index is 14.5. The largest absolute Gasteiger partial charge is 0.354 e. The minimum Gasteiger partial charge on any atom is -0.354 e. The van der Waals surface area contributed by atoms with Gasteiger partial charge in [0.25, 0.3) is 10.0 Å². The Hall–Kier alpha value is -3.56. The van der Waals surface area contributed by atoms with Crippen molar-refractivity contribution in [1.29, 1.82) is 0 Å². The first-order valence-corrected chi connectivity index (χ1v) is 16.9.